The molecule has 0 saturated carbocycles. The summed E-state index contributed by atoms with van der Waals surface area (Å²) in [7, 11) is 0. The Balaban J connectivity index is 2.21. The van der Waals surface area contributed by atoms with Crippen LogP contribution in [0.4, 0.5) is 0 Å². The van der Waals surface area contributed by atoms with E-state index in [9.17, 15) is 4.79 Å². The number of benzene rings is 1. The molecule has 1 aromatic carbocycles. The van der Waals surface area contributed by atoms with Crippen molar-refractivity contribution in [3.05, 3.63) is 59.9 Å². The molecule has 3 aromatic rings. The van der Waals surface area contributed by atoms with Crippen molar-refractivity contribution in [3.8, 4) is 11.1 Å². The molecule has 2 aromatic heterocycles. The lowest BCUT2D eigenvalue weighted by Gasteiger charge is -2.02. The lowest BCUT2D eigenvalue weighted by atomic mass is 10.1. The van der Waals surface area contributed by atoms with Gasteiger partial charge >= 0.3 is 0 Å². The van der Waals surface area contributed by atoms with Gasteiger partial charge in [0.05, 0.1) is 5.69 Å². The third-order valence-corrected chi connectivity index (χ3v) is 4.22. The Morgan fingerprint density at radius 1 is 1.10 bits per heavy atom. The summed E-state index contributed by atoms with van der Waals surface area (Å²) in [6.45, 7) is 2.06. The molecule has 0 spiro atoms. The van der Waals surface area contributed by atoms with Crippen LogP contribution in [0.5, 0.6) is 0 Å². The van der Waals surface area contributed by atoms with Crippen LogP contribution in [0, 0.1) is 6.92 Å². The zero-order valence-electron chi connectivity index (χ0n) is 11.5. The van der Waals surface area contributed by atoms with Crippen molar-refractivity contribution >= 4 is 23.6 Å². The van der Waals surface area contributed by atoms with Crippen molar-refractivity contribution < 1.29 is 4.79 Å². The fraction of sp³-hybridized carbons (Fsp3) is 0.118. The van der Waals surface area contributed by atoms with Crippen LogP contribution in [0.1, 0.15) is 16.1 Å². The first-order valence-corrected chi connectivity index (χ1v) is 7.66. The molecule has 0 radical (unpaired) electrons. The summed E-state index contributed by atoms with van der Waals surface area (Å²) < 4.78 is 1.94. The molecule has 3 rings (SSSR count). The maximum atomic E-state index is 11.5. The van der Waals surface area contributed by atoms with Crippen molar-refractivity contribution in [1.82, 2.24) is 4.40 Å². The fourth-order valence-electron chi connectivity index (χ4n) is 2.43. The fourth-order valence-corrected chi connectivity index (χ4v) is 2.84. The summed E-state index contributed by atoms with van der Waals surface area (Å²) >= 11 is 1.71. The highest BCUT2D eigenvalue weighted by Crippen LogP contribution is 2.28. The van der Waals surface area contributed by atoms with Crippen LogP contribution in [0.15, 0.2) is 53.6 Å². The first-order valence-electron chi connectivity index (χ1n) is 6.44. The highest BCUT2D eigenvalue weighted by atomic mass is 32.2. The molecule has 20 heavy (non-hydrogen) atoms. The van der Waals surface area contributed by atoms with Crippen LogP contribution in [-0.4, -0.2) is 16.9 Å². The second-order valence-electron chi connectivity index (χ2n) is 4.79. The predicted octanol–water partition coefficient (Wildman–Crippen LogP) is 4.45. The van der Waals surface area contributed by atoms with Gasteiger partial charge in [-0.3, -0.25) is 4.79 Å². The molecule has 0 aliphatic carbocycles. The highest BCUT2D eigenvalue weighted by Gasteiger charge is 2.11. The van der Waals surface area contributed by atoms with Gasteiger partial charge < -0.3 is 4.40 Å². The molecule has 0 unspecified atom stereocenters. The van der Waals surface area contributed by atoms with E-state index in [0.29, 0.717) is 5.69 Å². The minimum absolute atomic E-state index is 0.705. The molecule has 100 valence electrons. The SMILES string of the molecule is CSc1ccc(-c2cc3cc(C)ccn3c2C=O)cc1. The van der Waals surface area contributed by atoms with Gasteiger partial charge in [-0.15, -0.1) is 11.8 Å². The van der Waals surface area contributed by atoms with Crippen molar-refractivity contribution in [1.29, 1.82) is 0 Å². The number of carbonyl (C=O) groups excluding carboxylic acids is 1. The standard InChI is InChI=1S/C17H15NOS/c1-12-7-8-18-14(9-12)10-16(17(18)11-19)13-3-5-15(20-2)6-4-13/h3-11H,1-2H3. The zero-order valence-corrected chi connectivity index (χ0v) is 12.3. The molecule has 0 saturated heterocycles. The Hall–Kier alpha value is -2.00. The van der Waals surface area contributed by atoms with E-state index in [4.69, 9.17) is 0 Å². The summed E-state index contributed by atoms with van der Waals surface area (Å²) in [6, 6.07) is 14.5. The Bertz CT molecular complexity index is 772. The molecule has 2 heterocycles. The van der Waals surface area contributed by atoms with Crippen molar-refractivity contribution in [2.45, 2.75) is 11.8 Å². The molecule has 0 bridgehead atoms. The average molecular weight is 281 g/mol. The first-order chi connectivity index (χ1) is 9.72. The van der Waals surface area contributed by atoms with E-state index >= 15 is 0 Å². The van der Waals surface area contributed by atoms with Crippen LogP contribution in [0.2, 0.25) is 0 Å². The van der Waals surface area contributed by atoms with Gasteiger partial charge in [-0.25, -0.2) is 0 Å². The summed E-state index contributed by atoms with van der Waals surface area (Å²) in [5.74, 6) is 0. The summed E-state index contributed by atoms with van der Waals surface area (Å²) in [5, 5.41) is 0. The zero-order chi connectivity index (χ0) is 14.1. The molecule has 0 aliphatic heterocycles. The summed E-state index contributed by atoms with van der Waals surface area (Å²) in [5.41, 5.74) is 5.01. The van der Waals surface area contributed by atoms with Crippen molar-refractivity contribution in [2.24, 2.45) is 0 Å². The van der Waals surface area contributed by atoms with Gasteiger partial charge in [0.2, 0.25) is 0 Å². The van der Waals surface area contributed by atoms with Gasteiger partial charge in [-0.05, 0) is 54.6 Å². The van der Waals surface area contributed by atoms with Gasteiger partial charge in [-0.1, -0.05) is 12.1 Å². The molecule has 3 heteroatoms. The molecule has 0 aliphatic rings. The Kier molecular flexibility index (Phi) is 3.36. The molecule has 0 N–H and O–H groups in total. The number of hydrogen-bond acceptors (Lipinski definition) is 2. The van der Waals surface area contributed by atoms with Crippen LogP contribution in [-0.2, 0) is 0 Å². The largest absolute Gasteiger partial charge is 0.314 e. The number of rotatable bonds is 3. The van der Waals surface area contributed by atoms with Crippen LogP contribution >= 0.6 is 11.8 Å². The first kappa shape index (κ1) is 13.0. The number of hydrogen-bond donors (Lipinski definition) is 0. The van der Waals surface area contributed by atoms with Crippen LogP contribution in [0.25, 0.3) is 16.6 Å². The van der Waals surface area contributed by atoms with Gasteiger partial charge in [0, 0.05) is 22.2 Å². The van der Waals surface area contributed by atoms with E-state index in [2.05, 4.69) is 49.6 Å². The van der Waals surface area contributed by atoms with E-state index in [1.807, 2.05) is 16.7 Å². The summed E-state index contributed by atoms with van der Waals surface area (Å²) in [6.07, 6.45) is 4.94. The normalized spacial score (nSPS) is 10.9. The van der Waals surface area contributed by atoms with Gasteiger partial charge in [0.25, 0.3) is 0 Å². The maximum Gasteiger partial charge on any atom is 0.167 e. The lowest BCUT2D eigenvalue weighted by molar-refractivity contribution is 0.111. The summed E-state index contributed by atoms with van der Waals surface area (Å²) in [4.78, 5) is 12.7. The molecular formula is C17H15NOS. The lowest BCUT2D eigenvalue weighted by Crippen LogP contribution is -1.92. The van der Waals surface area contributed by atoms with Crippen LogP contribution in [0.3, 0.4) is 0 Å². The Labute approximate surface area is 122 Å². The third-order valence-electron chi connectivity index (χ3n) is 3.48. The number of fused-ring (bicyclic) bond motifs is 1. The second-order valence-corrected chi connectivity index (χ2v) is 5.67. The second kappa shape index (κ2) is 5.17. The molecular weight excluding hydrogens is 266 g/mol. The number of nitrogens with zero attached hydrogens (tertiary/aromatic N) is 1. The van der Waals surface area contributed by atoms with Crippen molar-refractivity contribution in [3.63, 3.8) is 0 Å². The minimum atomic E-state index is 0.705. The Morgan fingerprint density at radius 3 is 2.50 bits per heavy atom. The van der Waals surface area contributed by atoms with Crippen LogP contribution < -0.4 is 0 Å². The van der Waals surface area contributed by atoms with Crippen molar-refractivity contribution in [2.75, 3.05) is 6.26 Å². The molecule has 0 amide bonds. The number of carbonyl (C=O) groups is 1. The molecule has 0 fully saturated rings. The minimum Gasteiger partial charge on any atom is -0.314 e. The van der Waals surface area contributed by atoms with E-state index < -0.39 is 0 Å². The van der Waals surface area contributed by atoms with Gasteiger partial charge in [-0.2, -0.15) is 0 Å². The average Bonchev–Trinajstić information content (AvgIpc) is 2.84. The smallest absolute Gasteiger partial charge is 0.167 e. The molecule has 2 nitrogen and oxygen atoms in total. The van der Waals surface area contributed by atoms with E-state index in [-0.39, 0.29) is 0 Å². The molecule has 0 atom stereocenters. The number of aryl methyl sites for hydroxylation is 1. The van der Waals surface area contributed by atoms with Gasteiger partial charge in [0.1, 0.15) is 0 Å². The maximum absolute atomic E-state index is 11.5. The number of aromatic nitrogens is 1. The monoisotopic (exact) mass is 281 g/mol. The number of pyridine rings is 1. The predicted molar refractivity (Wildman–Crippen MR) is 84.7 cm³/mol. The Morgan fingerprint density at radius 2 is 1.85 bits per heavy atom. The topological polar surface area (TPSA) is 21.5 Å². The third kappa shape index (κ3) is 2.14. The van der Waals surface area contributed by atoms with Gasteiger partial charge in [0.15, 0.2) is 6.29 Å². The number of thioether (sulfide) groups is 1. The van der Waals surface area contributed by atoms with E-state index in [1.54, 1.807) is 11.8 Å². The highest BCUT2D eigenvalue weighted by molar-refractivity contribution is 7.98. The number of aldehydes is 1. The van der Waals surface area contributed by atoms with E-state index in [1.165, 1.54) is 10.5 Å². The quantitative estimate of drug-likeness (QED) is 0.522. The van der Waals surface area contributed by atoms with E-state index in [0.717, 1.165) is 22.9 Å².